The summed E-state index contributed by atoms with van der Waals surface area (Å²) in [6, 6.07) is 87.5. The predicted octanol–water partition coefficient (Wildman–Crippen LogP) is 16.8. The average Bonchev–Trinajstić information content (AvgIpc) is 3.81. The normalized spacial score (nSPS) is 12.7. The summed E-state index contributed by atoms with van der Waals surface area (Å²) in [5.74, 6) is 0. The van der Waals surface area contributed by atoms with E-state index in [1.165, 1.54) is 100 Å². The van der Waals surface area contributed by atoms with Crippen LogP contribution in [0.15, 0.2) is 237 Å². The Morgan fingerprint density at radius 3 is 1.28 bits per heavy atom. The first-order valence-electron chi connectivity index (χ1n) is 22.3. The number of rotatable bonds is 7. The molecule has 0 N–H and O–H groups in total. The van der Waals surface area contributed by atoms with Gasteiger partial charge in [-0.05, 0) is 139 Å². The van der Waals surface area contributed by atoms with Crippen LogP contribution in [0.1, 0.15) is 33.4 Å². The molecule has 12 rings (SSSR count). The first-order chi connectivity index (χ1) is 31.5. The summed E-state index contributed by atoms with van der Waals surface area (Å²) in [6.07, 6.45) is 0. The topological polar surface area (TPSA) is 3.24 Å². The summed E-state index contributed by atoms with van der Waals surface area (Å²) in [6.45, 7) is 4.46. The average molecular weight is 816 g/mol. The molecule has 1 spiro atoms. The van der Waals surface area contributed by atoms with Crippen molar-refractivity contribution in [1.82, 2.24) is 0 Å². The summed E-state index contributed by atoms with van der Waals surface area (Å²) >= 11 is 0. The van der Waals surface area contributed by atoms with E-state index >= 15 is 0 Å². The lowest BCUT2D eigenvalue weighted by atomic mass is 9.68. The molecular formula is C63H45N. The van der Waals surface area contributed by atoms with Crippen molar-refractivity contribution in [2.75, 3.05) is 4.90 Å². The molecule has 0 unspecified atom stereocenters. The predicted molar refractivity (Wildman–Crippen MR) is 269 cm³/mol. The molecule has 0 saturated carbocycles. The van der Waals surface area contributed by atoms with Gasteiger partial charge in [0.25, 0.3) is 0 Å². The Hall–Kier alpha value is -8.00. The molecule has 0 aliphatic heterocycles. The zero-order valence-electron chi connectivity index (χ0n) is 36.0. The maximum Gasteiger partial charge on any atom is 0.0731 e. The highest BCUT2D eigenvalue weighted by molar-refractivity contribution is 5.99. The summed E-state index contributed by atoms with van der Waals surface area (Å²) in [4.78, 5) is 2.39. The maximum atomic E-state index is 2.45. The molecular weight excluding hydrogens is 771 g/mol. The van der Waals surface area contributed by atoms with Gasteiger partial charge in [-0.3, -0.25) is 0 Å². The number of hydrogen-bond acceptors (Lipinski definition) is 1. The molecule has 0 bridgehead atoms. The molecule has 0 amide bonds. The second-order valence-corrected chi connectivity index (χ2v) is 17.4. The number of benzene rings is 10. The fourth-order valence-electron chi connectivity index (χ4n) is 10.7. The number of hydrogen-bond donors (Lipinski definition) is 0. The molecule has 0 aromatic heterocycles. The fraction of sp³-hybridized carbons (Fsp3) is 0.0476. The Kier molecular flexibility index (Phi) is 8.91. The summed E-state index contributed by atoms with van der Waals surface area (Å²) < 4.78 is 0. The van der Waals surface area contributed by atoms with Crippen molar-refractivity contribution >= 4 is 17.1 Å². The first kappa shape index (κ1) is 37.7. The molecule has 64 heavy (non-hydrogen) atoms. The van der Waals surface area contributed by atoms with E-state index in [0.29, 0.717) is 0 Å². The van der Waals surface area contributed by atoms with Crippen molar-refractivity contribution in [2.24, 2.45) is 0 Å². The van der Waals surface area contributed by atoms with Gasteiger partial charge in [0.1, 0.15) is 0 Å². The van der Waals surface area contributed by atoms with Crippen LogP contribution in [-0.4, -0.2) is 0 Å². The summed E-state index contributed by atoms with van der Waals surface area (Å²) in [7, 11) is 0. The van der Waals surface area contributed by atoms with Gasteiger partial charge < -0.3 is 4.90 Å². The molecule has 1 nitrogen and oxygen atoms in total. The van der Waals surface area contributed by atoms with Gasteiger partial charge in [-0.15, -0.1) is 0 Å². The highest BCUT2D eigenvalue weighted by Gasteiger charge is 2.52. The van der Waals surface area contributed by atoms with Crippen LogP contribution in [0.5, 0.6) is 0 Å². The van der Waals surface area contributed by atoms with E-state index in [-0.39, 0.29) is 0 Å². The van der Waals surface area contributed by atoms with Gasteiger partial charge in [-0.25, -0.2) is 0 Å². The van der Waals surface area contributed by atoms with Crippen LogP contribution in [0.2, 0.25) is 0 Å². The van der Waals surface area contributed by atoms with Crippen molar-refractivity contribution in [3.8, 4) is 66.8 Å². The third kappa shape index (κ3) is 6.00. The Bertz CT molecular complexity index is 3310. The standard InChI is InChI=1S/C63H45N/c1-42-23-37-56-57-38-24-43(2)40-61(57)63(60(56)39-42)59-22-10-9-19-55(59)58-21-12-20-54(62(58)63)49-31-35-52(36-32-49)64(53-18-11-17-50(41-53)45-15-7-4-8-16-45)51-33-29-48(30-34-51)47-27-25-46(26-28-47)44-13-5-3-6-14-44/h3-41H,1-2H3. The van der Waals surface area contributed by atoms with Crippen LogP contribution >= 0.6 is 0 Å². The minimum absolute atomic E-state index is 0.433. The molecule has 302 valence electrons. The van der Waals surface area contributed by atoms with Gasteiger partial charge >= 0.3 is 0 Å². The van der Waals surface area contributed by atoms with Crippen molar-refractivity contribution in [3.63, 3.8) is 0 Å². The fourth-order valence-corrected chi connectivity index (χ4v) is 10.7. The van der Waals surface area contributed by atoms with E-state index in [1.807, 2.05) is 0 Å². The van der Waals surface area contributed by atoms with E-state index in [4.69, 9.17) is 0 Å². The van der Waals surface area contributed by atoms with Crippen LogP contribution < -0.4 is 4.90 Å². The Morgan fingerprint density at radius 2 is 0.688 bits per heavy atom. The smallest absolute Gasteiger partial charge is 0.0731 e. The molecule has 1 heteroatoms. The zero-order chi connectivity index (χ0) is 42.8. The second kappa shape index (κ2) is 15.1. The minimum Gasteiger partial charge on any atom is -0.310 e. The Labute approximate surface area is 376 Å². The zero-order valence-corrected chi connectivity index (χ0v) is 36.0. The third-order valence-electron chi connectivity index (χ3n) is 13.6. The van der Waals surface area contributed by atoms with Crippen LogP contribution in [0.3, 0.4) is 0 Å². The Balaban J connectivity index is 0.982. The number of anilines is 3. The van der Waals surface area contributed by atoms with E-state index < -0.39 is 5.41 Å². The SMILES string of the molecule is Cc1ccc2c(c1)C1(c3cc(C)ccc3-2)c2ccccc2-c2cccc(-c3ccc(N(c4ccc(-c5ccc(-c6ccccc6)cc5)cc4)c4cccc(-c5ccccc5)c4)cc3)c21. The van der Waals surface area contributed by atoms with E-state index in [9.17, 15) is 0 Å². The lowest BCUT2D eigenvalue weighted by Gasteiger charge is -2.32. The summed E-state index contributed by atoms with van der Waals surface area (Å²) in [5.41, 5.74) is 25.9. The molecule has 10 aromatic carbocycles. The van der Waals surface area contributed by atoms with Gasteiger partial charge in [-0.1, -0.05) is 211 Å². The van der Waals surface area contributed by atoms with Crippen molar-refractivity contribution in [3.05, 3.63) is 270 Å². The van der Waals surface area contributed by atoms with Gasteiger partial charge in [0.05, 0.1) is 5.41 Å². The lowest BCUT2D eigenvalue weighted by molar-refractivity contribution is 0.793. The minimum atomic E-state index is -0.433. The molecule has 2 aliphatic rings. The highest BCUT2D eigenvalue weighted by Crippen LogP contribution is 2.64. The Morgan fingerprint density at radius 1 is 0.266 bits per heavy atom. The van der Waals surface area contributed by atoms with Crippen molar-refractivity contribution in [1.29, 1.82) is 0 Å². The number of fused-ring (bicyclic) bond motifs is 10. The highest BCUT2D eigenvalue weighted by atomic mass is 15.1. The second-order valence-electron chi connectivity index (χ2n) is 17.4. The number of nitrogens with zero attached hydrogens (tertiary/aromatic N) is 1. The van der Waals surface area contributed by atoms with E-state index in [1.54, 1.807) is 0 Å². The number of aryl methyl sites for hydroxylation is 2. The maximum absolute atomic E-state index is 2.45. The molecule has 2 aliphatic carbocycles. The van der Waals surface area contributed by atoms with Gasteiger partial charge in [0.2, 0.25) is 0 Å². The molecule has 0 saturated heterocycles. The monoisotopic (exact) mass is 815 g/mol. The van der Waals surface area contributed by atoms with Gasteiger partial charge in [-0.2, -0.15) is 0 Å². The van der Waals surface area contributed by atoms with E-state index in [2.05, 4.69) is 255 Å². The largest absolute Gasteiger partial charge is 0.310 e. The van der Waals surface area contributed by atoms with Crippen molar-refractivity contribution in [2.45, 2.75) is 19.3 Å². The van der Waals surface area contributed by atoms with Gasteiger partial charge in [0, 0.05) is 17.1 Å². The van der Waals surface area contributed by atoms with E-state index in [0.717, 1.165) is 17.1 Å². The molecule has 0 heterocycles. The van der Waals surface area contributed by atoms with Crippen molar-refractivity contribution < 1.29 is 0 Å². The third-order valence-corrected chi connectivity index (χ3v) is 13.6. The van der Waals surface area contributed by atoms with Gasteiger partial charge in [0.15, 0.2) is 0 Å². The van der Waals surface area contributed by atoms with Crippen LogP contribution in [-0.2, 0) is 5.41 Å². The molecule has 0 atom stereocenters. The molecule has 0 fully saturated rings. The lowest BCUT2D eigenvalue weighted by Crippen LogP contribution is -2.27. The quantitative estimate of drug-likeness (QED) is 0.155. The van der Waals surface area contributed by atoms with Crippen LogP contribution in [0.25, 0.3) is 66.8 Å². The molecule has 10 aromatic rings. The molecule has 0 radical (unpaired) electrons. The first-order valence-corrected chi connectivity index (χ1v) is 22.3. The van der Waals surface area contributed by atoms with Crippen LogP contribution in [0.4, 0.5) is 17.1 Å². The van der Waals surface area contributed by atoms with Crippen LogP contribution in [0, 0.1) is 13.8 Å². The summed E-state index contributed by atoms with van der Waals surface area (Å²) in [5, 5.41) is 0.